The highest BCUT2D eigenvalue weighted by atomic mass is 32.2. The van der Waals surface area contributed by atoms with Gasteiger partial charge >= 0.3 is 6.18 Å². The van der Waals surface area contributed by atoms with Gasteiger partial charge in [0.1, 0.15) is 0 Å². The van der Waals surface area contributed by atoms with Crippen molar-refractivity contribution in [1.29, 1.82) is 0 Å². The van der Waals surface area contributed by atoms with E-state index in [4.69, 9.17) is 0 Å². The van der Waals surface area contributed by atoms with Gasteiger partial charge in [0.05, 0.1) is 0 Å². The summed E-state index contributed by atoms with van der Waals surface area (Å²) in [5, 5.41) is 4.22. The molecule has 1 fully saturated rings. The number of rotatable bonds is 7. The maximum atomic E-state index is 12.0. The van der Waals surface area contributed by atoms with Crippen molar-refractivity contribution >= 4 is 11.8 Å². The monoisotopic (exact) mass is 283 g/mol. The molecule has 0 aromatic heterocycles. The first-order valence-corrected chi connectivity index (χ1v) is 7.90. The summed E-state index contributed by atoms with van der Waals surface area (Å²) in [6.07, 6.45) is -0.234. The molecular formula is C13H24F3NS. The first kappa shape index (κ1) is 16.2. The van der Waals surface area contributed by atoms with Gasteiger partial charge in [-0.3, -0.25) is 0 Å². The van der Waals surface area contributed by atoms with Crippen LogP contribution in [0.5, 0.6) is 0 Å². The second kappa shape index (κ2) is 7.63. The predicted molar refractivity (Wildman–Crippen MR) is 72.1 cm³/mol. The van der Waals surface area contributed by atoms with Crippen molar-refractivity contribution in [2.75, 3.05) is 5.75 Å². The van der Waals surface area contributed by atoms with E-state index >= 15 is 0 Å². The summed E-state index contributed by atoms with van der Waals surface area (Å²) in [6.45, 7) is 4.17. The lowest BCUT2D eigenvalue weighted by molar-refractivity contribution is -0.135. The van der Waals surface area contributed by atoms with Gasteiger partial charge in [-0.25, -0.2) is 0 Å². The molecule has 0 heterocycles. The minimum Gasteiger partial charge on any atom is -0.311 e. The Labute approximate surface area is 112 Å². The summed E-state index contributed by atoms with van der Waals surface area (Å²) in [5.41, 5.74) is 0. The molecule has 0 aliphatic heterocycles. The van der Waals surface area contributed by atoms with Crippen LogP contribution < -0.4 is 5.32 Å². The minimum absolute atomic E-state index is 0.197. The molecule has 1 saturated carbocycles. The van der Waals surface area contributed by atoms with Crippen LogP contribution in [0.4, 0.5) is 13.2 Å². The molecule has 1 rings (SSSR count). The molecule has 1 aliphatic carbocycles. The van der Waals surface area contributed by atoms with Gasteiger partial charge in [-0.15, -0.1) is 0 Å². The number of thioether (sulfide) groups is 1. The highest BCUT2D eigenvalue weighted by Gasteiger charge is 2.28. The molecule has 0 aromatic carbocycles. The summed E-state index contributed by atoms with van der Waals surface area (Å²) in [5.74, 6) is 1.15. The lowest BCUT2D eigenvalue weighted by atomic mass is 10.1. The summed E-state index contributed by atoms with van der Waals surface area (Å²) < 4.78 is 36.1. The van der Waals surface area contributed by atoms with E-state index in [1.54, 1.807) is 0 Å². The molecule has 0 radical (unpaired) electrons. The summed E-state index contributed by atoms with van der Waals surface area (Å²) in [6, 6.07) is 0.706. The van der Waals surface area contributed by atoms with Crippen LogP contribution in [0.3, 0.4) is 0 Å². The Balaban J connectivity index is 2.11. The molecule has 18 heavy (non-hydrogen) atoms. The molecule has 108 valence electrons. The first-order valence-electron chi connectivity index (χ1n) is 6.85. The predicted octanol–water partition coefficient (Wildman–Crippen LogP) is 4.37. The fraction of sp³-hybridized carbons (Fsp3) is 1.00. The normalized spacial score (nSPS) is 26.5. The molecule has 1 aliphatic rings. The zero-order valence-corrected chi connectivity index (χ0v) is 12.0. The van der Waals surface area contributed by atoms with Crippen LogP contribution in [-0.2, 0) is 0 Å². The van der Waals surface area contributed by atoms with Gasteiger partial charge in [0.2, 0.25) is 0 Å². The van der Waals surface area contributed by atoms with Crippen molar-refractivity contribution in [1.82, 2.24) is 5.32 Å². The van der Waals surface area contributed by atoms with Crippen molar-refractivity contribution < 1.29 is 13.2 Å². The molecule has 0 saturated heterocycles. The van der Waals surface area contributed by atoms with Crippen molar-refractivity contribution in [3.63, 3.8) is 0 Å². The van der Waals surface area contributed by atoms with Gasteiger partial charge in [0.25, 0.3) is 0 Å². The molecule has 0 bridgehead atoms. The maximum Gasteiger partial charge on any atom is 0.389 e. The Kier molecular flexibility index (Phi) is 6.85. The zero-order valence-electron chi connectivity index (χ0n) is 11.2. The van der Waals surface area contributed by atoms with Gasteiger partial charge < -0.3 is 5.32 Å². The lowest BCUT2D eigenvalue weighted by Crippen LogP contribution is -2.35. The molecule has 5 heteroatoms. The van der Waals surface area contributed by atoms with Crippen LogP contribution in [0.25, 0.3) is 0 Å². The van der Waals surface area contributed by atoms with E-state index in [-0.39, 0.29) is 12.5 Å². The molecule has 0 amide bonds. The van der Waals surface area contributed by atoms with E-state index in [1.165, 1.54) is 19.3 Å². The summed E-state index contributed by atoms with van der Waals surface area (Å²) in [4.78, 5) is 0. The average molecular weight is 283 g/mol. The highest BCUT2D eigenvalue weighted by molar-refractivity contribution is 7.99. The molecule has 0 aromatic rings. The van der Waals surface area contributed by atoms with Gasteiger partial charge in [0.15, 0.2) is 0 Å². The van der Waals surface area contributed by atoms with E-state index < -0.39 is 12.6 Å². The first-order chi connectivity index (χ1) is 8.40. The largest absolute Gasteiger partial charge is 0.389 e. The van der Waals surface area contributed by atoms with E-state index in [0.29, 0.717) is 12.5 Å². The molecule has 1 N–H and O–H groups in total. The van der Waals surface area contributed by atoms with Crippen molar-refractivity contribution in [2.45, 2.75) is 75.9 Å². The second-order valence-electron chi connectivity index (χ2n) is 5.16. The number of alkyl halides is 3. The second-order valence-corrected chi connectivity index (χ2v) is 6.74. The third-order valence-corrected chi connectivity index (χ3v) is 4.64. The van der Waals surface area contributed by atoms with Gasteiger partial charge in [-0.2, -0.15) is 24.9 Å². The number of hydrogen-bond donors (Lipinski definition) is 1. The third kappa shape index (κ3) is 6.88. The van der Waals surface area contributed by atoms with Crippen molar-refractivity contribution in [3.8, 4) is 0 Å². The van der Waals surface area contributed by atoms with Crippen molar-refractivity contribution in [3.05, 3.63) is 0 Å². The van der Waals surface area contributed by atoms with E-state index in [0.717, 1.165) is 11.0 Å². The summed E-state index contributed by atoms with van der Waals surface area (Å²) in [7, 11) is 0. The van der Waals surface area contributed by atoms with Crippen molar-refractivity contribution in [2.24, 2.45) is 0 Å². The van der Waals surface area contributed by atoms with Crippen LogP contribution in [0.1, 0.15) is 52.4 Å². The van der Waals surface area contributed by atoms with Gasteiger partial charge in [-0.1, -0.05) is 6.92 Å². The number of hydrogen-bond acceptors (Lipinski definition) is 2. The van der Waals surface area contributed by atoms with Crippen LogP contribution >= 0.6 is 11.8 Å². The minimum atomic E-state index is -4.00. The Morgan fingerprint density at radius 3 is 2.67 bits per heavy atom. The molecule has 3 unspecified atom stereocenters. The molecule has 1 nitrogen and oxygen atoms in total. The topological polar surface area (TPSA) is 12.0 Å². The fourth-order valence-electron chi connectivity index (χ4n) is 2.57. The van der Waals surface area contributed by atoms with Crippen LogP contribution in [0.15, 0.2) is 0 Å². The standard InChI is InChI=1S/C13H24F3NS/c1-3-18-12-7-6-11(9-12)17-10(2)5-4-8-13(14,15)16/h10-12,17H,3-9H2,1-2H3. The van der Waals surface area contributed by atoms with Gasteiger partial charge in [0, 0.05) is 23.8 Å². The molecular weight excluding hydrogens is 259 g/mol. The number of nitrogens with one attached hydrogen (secondary N) is 1. The molecule has 3 atom stereocenters. The Morgan fingerprint density at radius 1 is 1.33 bits per heavy atom. The van der Waals surface area contributed by atoms with Gasteiger partial charge in [-0.05, 0) is 44.8 Å². The smallest absolute Gasteiger partial charge is 0.311 e. The van der Waals surface area contributed by atoms with E-state index in [1.807, 2.05) is 18.7 Å². The van der Waals surface area contributed by atoms with E-state index in [2.05, 4.69) is 12.2 Å². The Hall–Kier alpha value is 0.100. The summed E-state index contributed by atoms with van der Waals surface area (Å²) >= 11 is 2.00. The Morgan fingerprint density at radius 2 is 2.06 bits per heavy atom. The average Bonchev–Trinajstić information content (AvgIpc) is 2.64. The Bertz CT molecular complexity index is 233. The maximum absolute atomic E-state index is 12.0. The highest BCUT2D eigenvalue weighted by Crippen LogP contribution is 2.30. The quantitative estimate of drug-likeness (QED) is 0.744. The van der Waals surface area contributed by atoms with Crippen LogP contribution in [-0.4, -0.2) is 29.3 Å². The fourth-order valence-corrected chi connectivity index (χ4v) is 3.72. The molecule has 0 spiro atoms. The van der Waals surface area contributed by atoms with Crippen LogP contribution in [0.2, 0.25) is 0 Å². The SMILES string of the molecule is CCSC1CCC(NC(C)CCCC(F)(F)F)C1. The van der Waals surface area contributed by atoms with E-state index in [9.17, 15) is 13.2 Å². The zero-order chi connectivity index (χ0) is 13.6. The third-order valence-electron chi connectivity index (χ3n) is 3.40. The number of halogens is 3. The lowest BCUT2D eigenvalue weighted by Gasteiger charge is -2.20. The van der Waals surface area contributed by atoms with Crippen LogP contribution in [0, 0.1) is 0 Å².